The van der Waals surface area contributed by atoms with Gasteiger partial charge in [0.05, 0.1) is 5.70 Å². The molecule has 90 valence electrons. The minimum absolute atomic E-state index is 0.302. The molecule has 0 radical (unpaired) electrons. The van der Waals surface area contributed by atoms with E-state index in [1.165, 1.54) is 6.20 Å². The maximum absolute atomic E-state index is 5.23. The van der Waals surface area contributed by atoms with E-state index >= 15 is 0 Å². The summed E-state index contributed by atoms with van der Waals surface area (Å²) in [5.41, 5.74) is 6.12. The van der Waals surface area contributed by atoms with Gasteiger partial charge in [-0.15, -0.1) is 0 Å². The summed E-state index contributed by atoms with van der Waals surface area (Å²) in [7, 11) is 2.15. The van der Waals surface area contributed by atoms with Gasteiger partial charge in [0.1, 0.15) is 0 Å². The molecule has 1 aliphatic rings. The summed E-state index contributed by atoms with van der Waals surface area (Å²) < 4.78 is 0. The van der Waals surface area contributed by atoms with Gasteiger partial charge in [0.2, 0.25) is 0 Å². The lowest BCUT2D eigenvalue weighted by molar-refractivity contribution is 0.132. The standard InChI is InChI=1S/C12H22N4/c1-11(14-6-4-5-13)12(2)16-9-7-15(3)8-10-16/h4-6,12H,1,7-10,13H2,2-3H3/b5-4-,14-6?. The molecule has 2 N–H and O–H groups in total. The van der Waals surface area contributed by atoms with Crippen LogP contribution in [0.3, 0.4) is 0 Å². The quantitative estimate of drug-likeness (QED) is 0.711. The first-order chi connectivity index (χ1) is 7.65. The fourth-order valence-corrected chi connectivity index (χ4v) is 1.72. The number of likely N-dealkylation sites (N-methyl/N-ethyl adjacent to an activating group) is 1. The van der Waals surface area contributed by atoms with Crippen LogP contribution in [0.2, 0.25) is 0 Å². The molecule has 0 aliphatic carbocycles. The van der Waals surface area contributed by atoms with Crippen LogP contribution >= 0.6 is 0 Å². The summed E-state index contributed by atoms with van der Waals surface area (Å²) in [6, 6.07) is 0.302. The molecule has 4 heteroatoms. The lowest BCUT2D eigenvalue weighted by atomic mass is 10.2. The van der Waals surface area contributed by atoms with Gasteiger partial charge in [-0.2, -0.15) is 0 Å². The van der Waals surface area contributed by atoms with E-state index in [0.29, 0.717) is 6.04 Å². The fourth-order valence-electron chi connectivity index (χ4n) is 1.72. The Hall–Kier alpha value is -1.13. The Bertz CT molecular complexity index is 275. The van der Waals surface area contributed by atoms with Crippen LogP contribution in [0, 0.1) is 0 Å². The van der Waals surface area contributed by atoms with Crippen molar-refractivity contribution in [3.8, 4) is 0 Å². The minimum atomic E-state index is 0.302. The summed E-state index contributed by atoms with van der Waals surface area (Å²) in [5, 5.41) is 0. The molecule has 1 rings (SSSR count). The first kappa shape index (κ1) is 12.9. The maximum atomic E-state index is 5.23. The average Bonchev–Trinajstić information content (AvgIpc) is 2.29. The van der Waals surface area contributed by atoms with Crippen molar-refractivity contribution in [3.05, 3.63) is 24.6 Å². The number of hydrogen-bond acceptors (Lipinski definition) is 4. The third-order valence-electron chi connectivity index (χ3n) is 3.01. The molecule has 1 saturated heterocycles. The highest BCUT2D eigenvalue weighted by Gasteiger charge is 2.20. The van der Waals surface area contributed by atoms with Crippen LogP contribution < -0.4 is 5.73 Å². The highest BCUT2D eigenvalue weighted by Crippen LogP contribution is 2.12. The number of aliphatic imine (C=N–C) groups is 1. The third kappa shape index (κ3) is 3.79. The topological polar surface area (TPSA) is 44.9 Å². The van der Waals surface area contributed by atoms with Crippen molar-refractivity contribution in [2.75, 3.05) is 33.2 Å². The Morgan fingerprint density at radius 1 is 1.38 bits per heavy atom. The predicted octanol–water partition coefficient (Wildman–Crippen LogP) is 0.679. The molecule has 4 nitrogen and oxygen atoms in total. The zero-order valence-corrected chi connectivity index (χ0v) is 10.3. The summed E-state index contributed by atoms with van der Waals surface area (Å²) in [4.78, 5) is 9.01. The van der Waals surface area contributed by atoms with Crippen LogP contribution in [-0.4, -0.2) is 55.3 Å². The van der Waals surface area contributed by atoms with Crippen molar-refractivity contribution in [2.45, 2.75) is 13.0 Å². The number of nitrogens with two attached hydrogens (primary N) is 1. The second-order valence-corrected chi connectivity index (χ2v) is 4.17. The van der Waals surface area contributed by atoms with E-state index in [9.17, 15) is 0 Å². The van der Waals surface area contributed by atoms with Gasteiger partial charge in [-0.1, -0.05) is 6.58 Å². The van der Waals surface area contributed by atoms with Crippen molar-refractivity contribution < 1.29 is 0 Å². The van der Waals surface area contributed by atoms with Crippen molar-refractivity contribution >= 4 is 6.21 Å². The number of nitrogens with zero attached hydrogens (tertiary/aromatic N) is 3. The maximum Gasteiger partial charge on any atom is 0.0500 e. The zero-order valence-electron chi connectivity index (χ0n) is 10.3. The minimum Gasteiger partial charge on any atom is -0.405 e. The molecule has 1 atom stereocenters. The first-order valence-electron chi connectivity index (χ1n) is 5.67. The summed E-state index contributed by atoms with van der Waals surface area (Å²) in [6.07, 6.45) is 4.87. The molecule has 1 unspecified atom stereocenters. The molecule has 0 aromatic heterocycles. The summed E-state index contributed by atoms with van der Waals surface area (Å²) in [6.45, 7) is 10.5. The normalized spacial score (nSPS) is 21.9. The highest BCUT2D eigenvalue weighted by molar-refractivity contribution is 5.71. The van der Waals surface area contributed by atoms with Crippen LogP contribution in [0.15, 0.2) is 29.5 Å². The SMILES string of the molecule is C=C(N=C/C=C\N)C(C)N1CCN(C)CC1. The van der Waals surface area contributed by atoms with E-state index in [1.807, 2.05) is 0 Å². The van der Waals surface area contributed by atoms with Gasteiger partial charge < -0.3 is 10.6 Å². The smallest absolute Gasteiger partial charge is 0.0500 e. The van der Waals surface area contributed by atoms with Gasteiger partial charge in [-0.05, 0) is 26.2 Å². The molecule has 0 aromatic rings. The monoisotopic (exact) mass is 222 g/mol. The average molecular weight is 222 g/mol. The number of rotatable bonds is 4. The van der Waals surface area contributed by atoms with Gasteiger partial charge in [0.25, 0.3) is 0 Å². The van der Waals surface area contributed by atoms with Crippen molar-refractivity contribution in [3.63, 3.8) is 0 Å². The molecule has 0 bridgehead atoms. The Kier molecular flexibility index (Phi) is 5.22. The van der Waals surface area contributed by atoms with E-state index in [2.05, 4.69) is 35.3 Å². The van der Waals surface area contributed by atoms with Crippen LogP contribution in [0.25, 0.3) is 0 Å². The summed E-state index contributed by atoms with van der Waals surface area (Å²) in [5.74, 6) is 0. The van der Waals surface area contributed by atoms with E-state index in [1.54, 1.807) is 12.3 Å². The first-order valence-corrected chi connectivity index (χ1v) is 5.67. The lowest BCUT2D eigenvalue weighted by Gasteiger charge is -2.36. The van der Waals surface area contributed by atoms with Crippen LogP contribution in [0.1, 0.15) is 6.92 Å². The van der Waals surface area contributed by atoms with Crippen molar-refractivity contribution in [2.24, 2.45) is 10.7 Å². The second kappa shape index (κ2) is 6.45. The van der Waals surface area contributed by atoms with Crippen LogP contribution in [0.5, 0.6) is 0 Å². The Morgan fingerprint density at radius 2 is 2.00 bits per heavy atom. The highest BCUT2D eigenvalue weighted by atomic mass is 15.3. The predicted molar refractivity (Wildman–Crippen MR) is 69.5 cm³/mol. The molecule has 0 saturated carbocycles. The Morgan fingerprint density at radius 3 is 2.56 bits per heavy atom. The number of allylic oxidation sites excluding steroid dienone is 1. The second-order valence-electron chi connectivity index (χ2n) is 4.17. The van der Waals surface area contributed by atoms with Gasteiger partial charge in [-0.25, -0.2) is 0 Å². The van der Waals surface area contributed by atoms with E-state index in [-0.39, 0.29) is 0 Å². The van der Waals surface area contributed by atoms with Gasteiger partial charge >= 0.3 is 0 Å². The Balaban J connectivity index is 2.44. The lowest BCUT2D eigenvalue weighted by Crippen LogP contribution is -2.48. The van der Waals surface area contributed by atoms with Crippen LogP contribution in [0.4, 0.5) is 0 Å². The van der Waals surface area contributed by atoms with E-state index in [4.69, 9.17) is 5.73 Å². The van der Waals surface area contributed by atoms with Gasteiger partial charge in [0.15, 0.2) is 0 Å². The molecule has 0 aromatic carbocycles. The molecule has 1 fully saturated rings. The van der Waals surface area contributed by atoms with E-state index in [0.717, 1.165) is 31.9 Å². The molecule has 1 aliphatic heterocycles. The number of hydrogen-bond donors (Lipinski definition) is 1. The molecule has 0 spiro atoms. The molecule has 16 heavy (non-hydrogen) atoms. The molecular formula is C12H22N4. The fraction of sp³-hybridized carbons (Fsp3) is 0.583. The van der Waals surface area contributed by atoms with Gasteiger partial charge in [-0.3, -0.25) is 9.89 Å². The van der Waals surface area contributed by atoms with Crippen molar-refractivity contribution in [1.29, 1.82) is 0 Å². The molecular weight excluding hydrogens is 200 g/mol. The third-order valence-corrected chi connectivity index (χ3v) is 3.01. The zero-order chi connectivity index (χ0) is 12.0. The van der Waals surface area contributed by atoms with Crippen LogP contribution in [-0.2, 0) is 0 Å². The van der Waals surface area contributed by atoms with Crippen molar-refractivity contribution in [1.82, 2.24) is 9.80 Å². The largest absolute Gasteiger partial charge is 0.405 e. The number of piperazine rings is 1. The Labute approximate surface area is 98.1 Å². The molecule has 1 heterocycles. The summed E-state index contributed by atoms with van der Waals surface area (Å²) >= 11 is 0. The van der Waals surface area contributed by atoms with E-state index < -0.39 is 0 Å². The molecule has 0 amide bonds. The van der Waals surface area contributed by atoms with Gasteiger partial charge in [0, 0.05) is 38.4 Å².